The van der Waals surface area contributed by atoms with Gasteiger partial charge in [0.1, 0.15) is 4.88 Å². The summed E-state index contributed by atoms with van der Waals surface area (Å²) < 4.78 is 0. The summed E-state index contributed by atoms with van der Waals surface area (Å²) in [5.41, 5.74) is 0.963. The molecule has 2 heterocycles. The van der Waals surface area contributed by atoms with E-state index in [0.717, 1.165) is 17.1 Å². The van der Waals surface area contributed by atoms with Gasteiger partial charge in [0, 0.05) is 13.1 Å². The van der Waals surface area contributed by atoms with Crippen LogP contribution < -0.4 is 10.6 Å². The van der Waals surface area contributed by atoms with Gasteiger partial charge in [-0.15, -0.1) is 11.3 Å². The van der Waals surface area contributed by atoms with Gasteiger partial charge in [0.25, 0.3) is 5.91 Å². The first-order valence-electron chi connectivity index (χ1n) is 3.47. The monoisotopic (exact) mass is 168 g/mol. The number of hydrogen-bond acceptors (Lipinski definition) is 3. The molecule has 0 spiro atoms. The molecular weight excluding hydrogens is 160 g/mol. The summed E-state index contributed by atoms with van der Waals surface area (Å²) in [7, 11) is 0. The lowest BCUT2D eigenvalue weighted by molar-refractivity contribution is 0.0962. The first-order chi connectivity index (χ1) is 5.38. The Balaban J connectivity index is 2.41. The van der Waals surface area contributed by atoms with Crippen LogP contribution in [0, 0.1) is 0 Å². The highest BCUT2D eigenvalue weighted by atomic mass is 32.1. The number of nitrogens with one attached hydrogen (secondary N) is 2. The fourth-order valence-electron chi connectivity index (χ4n) is 1.08. The summed E-state index contributed by atoms with van der Waals surface area (Å²) in [4.78, 5) is 12.0. The Bertz CT molecular complexity index is 282. The standard InChI is InChI=1S/C7H8N2OS/c10-7-6-5(1-4-11-6)8-2-3-9-7/h1,4,8H,2-3H2,(H,9,10). The molecular formula is C7H8N2OS. The molecule has 1 aliphatic heterocycles. The van der Waals surface area contributed by atoms with Gasteiger partial charge in [-0.2, -0.15) is 0 Å². The van der Waals surface area contributed by atoms with Crippen LogP contribution >= 0.6 is 11.3 Å². The molecule has 0 unspecified atom stereocenters. The highest BCUT2D eigenvalue weighted by Gasteiger charge is 2.14. The largest absolute Gasteiger partial charge is 0.382 e. The minimum Gasteiger partial charge on any atom is -0.382 e. The van der Waals surface area contributed by atoms with Gasteiger partial charge in [-0.25, -0.2) is 0 Å². The van der Waals surface area contributed by atoms with E-state index < -0.39 is 0 Å². The Labute approximate surface area is 68.4 Å². The van der Waals surface area contributed by atoms with E-state index in [9.17, 15) is 4.79 Å². The van der Waals surface area contributed by atoms with E-state index in [1.807, 2.05) is 11.4 Å². The Hall–Kier alpha value is -1.03. The number of hydrogen-bond donors (Lipinski definition) is 2. The molecule has 2 N–H and O–H groups in total. The average Bonchev–Trinajstić information content (AvgIpc) is 2.40. The summed E-state index contributed by atoms with van der Waals surface area (Å²) in [5, 5.41) is 7.88. The molecule has 0 radical (unpaired) electrons. The molecule has 2 rings (SSSR count). The van der Waals surface area contributed by atoms with Crippen molar-refractivity contribution < 1.29 is 4.79 Å². The molecule has 3 nitrogen and oxygen atoms in total. The van der Waals surface area contributed by atoms with E-state index in [1.165, 1.54) is 11.3 Å². The molecule has 1 aromatic rings. The maximum Gasteiger partial charge on any atom is 0.263 e. The smallest absolute Gasteiger partial charge is 0.263 e. The molecule has 0 atom stereocenters. The molecule has 0 fully saturated rings. The van der Waals surface area contributed by atoms with Crippen molar-refractivity contribution in [2.75, 3.05) is 18.4 Å². The van der Waals surface area contributed by atoms with Gasteiger partial charge in [-0.05, 0) is 11.4 Å². The van der Waals surface area contributed by atoms with Crippen LogP contribution in [0.15, 0.2) is 11.4 Å². The zero-order valence-corrected chi connectivity index (χ0v) is 6.70. The van der Waals surface area contributed by atoms with E-state index in [4.69, 9.17) is 0 Å². The summed E-state index contributed by atoms with van der Waals surface area (Å²) in [5.74, 6) is 0.0417. The van der Waals surface area contributed by atoms with E-state index in [2.05, 4.69) is 10.6 Å². The average molecular weight is 168 g/mol. The zero-order valence-electron chi connectivity index (χ0n) is 5.89. The van der Waals surface area contributed by atoms with Crippen LogP contribution in [0.3, 0.4) is 0 Å². The first-order valence-corrected chi connectivity index (χ1v) is 4.35. The summed E-state index contributed by atoms with van der Waals surface area (Å²) in [6.45, 7) is 1.52. The predicted octanol–water partition coefficient (Wildman–Crippen LogP) is 0.903. The number of anilines is 1. The third kappa shape index (κ3) is 1.09. The van der Waals surface area contributed by atoms with Crippen molar-refractivity contribution in [1.82, 2.24) is 5.32 Å². The van der Waals surface area contributed by atoms with Gasteiger partial charge >= 0.3 is 0 Å². The molecule has 1 amide bonds. The molecule has 4 heteroatoms. The quantitative estimate of drug-likeness (QED) is 0.604. The lowest BCUT2D eigenvalue weighted by atomic mass is 10.4. The third-order valence-electron chi connectivity index (χ3n) is 1.60. The van der Waals surface area contributed by atoms with Gasteiger partial charge in [0.2, 0.25) is 0 Å². The van der Waals surface area contributed by atoms with Crippen LogP contribution in [0.25, 0.3) is 0 Å². The van der Waals surface area contributed by atoms with Crippen LogP contribution in [0.5, 0.6) is 0 Å². The lowest BCUT2D eigenvalue weighted by Gasteiger charge is -1.96. The van der Waals surface area contributed by atoms with Crippen LogP contribution in [0.2, 0.25) is 0 Å². The Morgan fingerprint density at radius 1 is 1.36 bits per heavy atom. The number of rotatable bonds is 0. The second-order valence-corrected chi connectivity index (χ2v) is 3.26. The van der Waals surface area contributed by atoms with Gasteiger partial charge in [-0.1, -0.05) is 0 Å². The number of carbonyl (C=O) groups excluding carboxylic acids is 1. The predicted molar refractivity (Wildman–Crippen MR) is 45.1 cm³/mol. The van der Waals surface area contributed by atoms with Crippen molar-refractivity contribution in [3.8, 4) is 0 Å². The molecule has 0 aromatic carbocycles. The van der Waals surface area contributed by atoms with Crippen molar-refractivity contribution in [2.45, 2.75) is 0 Å². The topological polar surface area (TPSA) is 41.1 Å². The van der Waals surface area contributed by atoms with Gasteiger partial charge in [-0.3, -0.25) is 4.79 Å². The maximum atomic E-state index is 11.2. The zero-order chi connectivity index (χ0) is 7.68. The van der Waals surface area contributed by atoms with Crippen molar-refractivity contribution in [3.05, 3.63) is 16.3 Å². The van der Waals surface area contributed by atoms with Crippen molar-refractivity contribution in [2.24, 2.45) is 0 Å². The molecule has 0 bridgehead atoms. The van der Waals surface area contributed by atoms with E-state index in [1.54, 1.807) is 0 Å². The molecule has 1 aliphatic rings. The van der Waals surface area contributed by atoms with Crippen LogP contribution in [-0.2, 0) is 0 Å². The minimum absolute atomic E-state index is 0.0417. The van der Waals surface area contributed by atoms with E-state index >= 15 is 0 Å². The normalized spacial score (nSPS) is 16.2. The number of amides is 1. The summed E-state index contributed by atoms with van der Waals surface area (Å²) in [6, 6.07) is 1.94. The highest BCUT2D eigenvalue weighted by Crippen LogP contribution is 2.22. The third-order valence-corrected chi connectivity index (χ3v) is 2.51. The summed E-state index contributed by atoms with van der Waals surface area (Å²) in [6.07, 6.45) is 0. The van der Waals surface area contributed by atoms with Crippen molar-refractivity contribution >= 4 is 22.9 Å². The first kappa shape index (κ1) is 6.67. The fourth-order valence-corrected chi connectivity index (χ4v) is 1.86. The molecule has 11 heavy (non-hydrogen) atoms. The Morgan fingerprint density at radius 2 is 2.18 bits per heavy atom. The van der Waals surface area contributed by atoms with Crippen LogP contribution in [0.1, 0.15) is 9.67 Å². The van der Waals surface area contributed by atoms with Crippen molar-refractivity contribution in [3.63, 3.8) is 0 Å². The number of carbonyl (C=O) groups is 1. The van der Waals surface area contributed by atoms with Crippen molar-refractivity contribution in [1.29, 1.82) is 0 Å². The minimum atomic E-state index is 0.0417. The SMILES string of the molecule is O=C1NCCNc2ccsc21. The highest BCUT2D eigenvalue weighted by molar-refractivity contribution is 7.12. The Morgan fingerprint density at radius 3 is 3.09 bits per heavy atom. The second-order valence-electron chi connectivity index (χ2n) is 2.35. The number of thiophene rings is 1. The van der Waals surface area contributed by atoms with E-state index in [-0.39, 0.29) is 5.91 Å². The van der Waals surface area contributed by atoms with Gasteiger partial charge in [0.15, 0.2) is 0 Å². The van der Waals surface area contributed by atoms with Crippen LogP contribution in [-0.4, -0.2) is 19.0 Å². The Kier molecular flexibility index (Phi) is 1.54. The molecule has 1 aromatic heterocycles. The number of fused-ring (bicyclic) bond motifs is 1. The van der Waals surface area contributed by atoms with Crippen LogP contribution in [0.4, 0.5) is 5.69 Å². The summed E-state index contributed by atoms with van der Waals surface area (Å²) >= 11 is 1.47. The molecule has 0 aliphatic carbocycles. The van der Waals surface area contributed by atoms with Gasteiger partial charge < -0.3 is 10.6 Å². The molecule has 0 saturated carbocycles. The van der Waals surface area contributed by atoms with Gasteiger partial charge in [0.05, 0.1) is 5.69 Å². The maximum absolute atomic E-state index is 11.2. The molecule has 58 valence electrons. The van der Waals surface area contributed by atoms with E-state index in [0.29, 0.717) is 6.54 Å². The molecule has 0 saturated heterocycles. The lowest BCUT2D eigenvalue weighted by Crippen LogP contribution is -2.24. The second kappa shape index (κ2) is 2.54. The fraction of sp³-hybridized carbons (Fsp3) is 0.286.